The minimum Gasteiger partial charge on any atom is -0.478 e. The highest BCUT2D eigenvalue weighted by Gasteiger charge is 2.35. The van der Waals surface area contributed by atoms with E-state index in [1.807, 2.05) is 39.0 Å². The molecule has 0 aliphatic carbocycles. The number of aromatic carboxylic acids is 1. The van der Waals surface area contributed by atoms with E-state index in [0.717, 1.165) is 11.3 Å². The number of benzene rings is 2. The van der Waals surface area contributed by atoms with Crippen LogP contribution in [0.15, 0.2) is 60.2 Å². The summed E-state index contributed by atoms with van der Waals surface area (Å²) in [6.45, 7) is 5.51. The summed E-state index contributed by atoms with van der Waals surface area (Å²) in [5.41, 5.74) is 4.13. The highest BCUT2D eigenvalue weighted by molar-refractivity contribution is 7.80. The Hall–Kier alpha value is -4.04. The number of carboxylic acids is 1. The highest BCUT2D eigenvalue weighted by Crippen LogP contribution is 2.28. The molecule has 0 bridgehead atoms. The van der Waals surface area contributed by atoms with Crippen LogP contribution in [0.4, 0.5) is 5.69 Å². The molecule has 0 atom stereocenters. The molecule has 3 aromatic rings. The number of aryl methyl sites for hydroxylation is 2. The molecule has 33 heavy (non-hydrogen) atoms. The Morgan fingerprint density at radius 2 is 1.64 bits per heavy atom. The predicted octanol–water partition coefficient (Wildman–Crippen LogP) is 3.93. The number of hydrogen-bond donors (Lipinski definition) is 2. The van der Waals surface area contributed by atoms with E-state index < -0.39 is 17.8 Å². The molecule has 0 spiro atoms. The third-order valence-electron chi connectivity index (χ3n) is 5.60. The van der Waals surface area contributed by atoms with Crippen molar-refractivity contribution in [1.82, 2.24) is 9.88 Å². The zero-order valence-corrected chi connectivity index (χ0v) is 19.1. The third kappa shape index (κ3) is 3.85. The lowest BCUT2D eigenvalue weighted by Crippen LogP contribution is -2.54. The maximum Gasteiger partial charge on any atom is 0.337 e. The van der Waals surface area contributed by atoms with Gasteiger partial charge in [0.25, 0.3) is 11.8 Å². The van der Waals surface area contributed by atoms with Gasteiger partial charge >= 0.3 is 5.97 Å². The van der Waals surface area contributed by atoms with E-state index >= 15 is 0 Å². The first kappa shape index (κ1) is 22.2. The average molecular weight is 460 g/mol. The number of hydrogen-bond acceptors (Lipinski definition) is 4. The fraction of sp³-hybridized carbons (Fsp3) is 0.120. The minimum atomic E-state index is -1.04. The van der Waals surface area contributed by atoms with Gasteiger partial charge in [-0.2, -0.15) is 0 Å². The molecule has 166 valence electrons. The minimum absolute atomic E-state index is 0.0253. The Kier molecular flexibility index (Phi) is 5.69. The molecule has 1 saturated heterocycles. The molecular weight excluding hydrogens is 438 g/mol. The first-order valence-electron chi connectivity index (χ1n) is 10.2. The standard InChI is InChI=1S/C25H21N3O4S/c1-14-8-4-6-10-20(14)28-23(30)19(22(29)26-25(28)33)13-17-12-15(2)27(16(17)3)21-11-7-5-9-18(21)24(31)32/h4-13H,1-3H3,(H,31,32)(H,26,29,33)/b19-13+. The first-order valence-corrected chi connectivity index (χ1v) is 10.6. The second kappa shape index (κ2) is 8.48. The second-order valence-corrected chi connectivity index (χ2v) is 8.12. The fourth-order valence-corrected chi connectivity index (χ4v) is 4.27. The van der Waals surface area contributed by atoms with E-state index in [-0.39, 0.29) is 16.2 Å². The molecule has 1 aliphatic rings. The van der Waals surface area contributed by atoms with Crippen LogP contribution in [-0.4, -0.2) is 32.6 Å². The van der Waals surface area contributed by atoms with Crippen LogP contribution in [-0.2, 0) is 9.59 Å². The second-order valence-electron chi connectivity index (χ2n) is 7.73. The first-order chi connectivity index (χ1) is 15.7. The molecule has 2 N–H and O–H groups in total. The summed E-state index contributed by atoms with van der Waals surface area (Å²) in [5, 5.41) is 12.2. The fourth-order valence-electron chi connectivity index (χ4n) is 4.00. The van der Waals surface area contributed by atoms with Gasteiger partial charge < -0.3 is 9.67 Å². The highest BCUT2D eigenvalue weighted by atomic mass is 32.1. The summed E-state index contributed by atoms with van der Waals surface area (Å²) in [4.78, 5) is 39.1. The number of thiocarbonyl (C=S) groups is 1. The van der Waals surface area contributed by atoms with Crippen LogP contribution in [0.2, 0.25) is 0 Å². The number of para-hydroxylation sites is 2. The normalized spacial score (nSPS) is 15.2. The lowest BCUT2D eigenvalue weighted by Gasteiger charge is -2.30. The molecule has 2 heterocycles. The Balaban J connectivity index is 1.81. The Morgan fingerprint density at radius 3 is 2.30 bits per heavy atom. The summed E-state index contributed by atoms with van der Waals surface area (Å²) in [6, 6.07) is 15.8. The SMILES string of the molecule is Cc1ccccc1N1C(=O)/C(=C/c2cc(C)n(-c3ccccc3C(=O)O)c2C)C(=O)NC1=S. The van der Waals surface area contributed by atoms with Crippen molar-refractivity contribution in [2.45, 2.75) is 20.8 Å². The maximum atomic E-state index is 13.3. The van der Waals surface area contributed by atoms with Crippen molar-refractivity contribution in [3.05, 3.63) is 88.2 Å². The number of carboxylic acid groups (broad SMARTS) is 1. The molecule has 2 amide bonds. The van der Waals surface area contributed by atoms with Gasteiger partial charge in [-0.1, -0.05) is 30.3 Å². The van der Waals surface area contributed by atoms with Crippen LogP contribution in [0.3, 0.4) is 0 Å². The van der Waals surface area contributed by atoms with Crippen molar-refractivity contribution in [2.75, 3.05) is 4.90 Å². The number of rotatable bonds is 4. The molecule has 0 saturated carbocycles. The lowest BCUT2D eigenvalue weighted by atomic mass is 10.1. The molecule has 1 fully saturated rings. The van der Waals surface area contributed by atoms with Crippen LogP contribution in [0.25, 0.3) is 11.8 Å². The quantitative estimate of drug-likeness (QED) is 0.350. The molecule has 1 aliphatic heterocycles. The molecule has 2 aromatic carbocycles. The van der Waals surface area contributed by atoms with Crippen molar-refractivity contribution >= 4 is 46.9 Å². The Morgan fingerprint density at radius 1 is 1.00 bits per heavy atom. The number of nitrogens with zero attached hydrogens (tertiary/aromatic N) is 2. The molecule has 0 unspecified atom stereocenters. The van der Waals surface area contributed by atoms with Gasteiger partial charge in [0.1, 0.15) is 5.57 Å². The maximum absolute atomic E-state index is 13.3. The van der Waals surface area contributed by atoms with Gasteiger partial charge in [-0.25, -0.2) is 4.79 Å². The molecule has 1 aromatic heterocycles. The molecule has 4 rings (SSSR count). The van der Waals surface area contributed by atoms with Gasteiger partial charge in [0, 0.05) is 11.4 Å². The summed E-state index contributed by atoms with van der Waals surface area (Å²) in [7, 11) is 0. The zero-order valence-electron chi connectivity index (χ0n) is 18.2. The molecular formula is C25H21N3O4S. The van der Waals surface area contributed by atoms with E-state index in [9.17, 15) is 19.5 Å². The van der Waals surface area contributed by atoms with Gasteiger partial charge in [0.15, 0.2) is 5.11 Å². The van der Waals surface area contributed by atoms with Crippen molar-refractivity contribution in [1.29, 1.82) is 0 Å². The summed E-state index contributed by atoms with van der Waals surface area (Å²) in [5.74, 6) is -2.14. The molecule has 7 nitrogen and oxygen atoms in total. The van der Waals surface area contributed by atoms with Crippen LogP contribution in [0.5, 0.6) is 0 Å². The van der Waals surface area contributed by atoms with Gasteiger partial charge in [-0.3, -0.25) is 19.8 Å². The van der Waals surface area contributed by atoms with Gasteiger partial charge in [-0.15, -0.1) is 0 Å². The van der Waals surface area contributed by atoms with Crippen LogP contribution in [0.1, 0.15) is 32.9 Å². The monoisotopic (exact) mass is 459 g/mol. The zero-order chi connectivity index (χ0) is 23.9. The molecule has 8 heteroatoms. The van der Waals surface area contributed by atoms with Crippen LogP contribution >= 0.6 is 12.2 Å². The predicted molar refractivity (Wildman–Crippen MR) is 130 cm³/mol. The number of nitrogens with one attached hydrogen (secondary N) is 1. The van der Waals surface area contributed by atoms with Crippen molar-refractivity contribution < 1.29 is 19.5 Å². The van der Waals surface area contributed by atoms with E-state index in [0.29, 0.717) is 22.6 Å². The number of carbonyl (C=O) groups excluding carboxylic acids is 2. The van der Waals surface area contributed by atoms with Crippen molar-refractivity contribution in [3.63, 3.8) is 0 Å². The number of amides is 2. The van der Waals surface area contributed by atoms with E-state index in [1.165, 1.54) is 17.0 Å². The van der Waals surface area contributed by atoms with Crippen LogP contribution < -0.4 is 10.2 Å². The topological polar surface area (TPSA) is 91.6 Å². The lowest BCUT2D eigenvalue weighted by molar-refractivity contribution is -0.122. The third-order valence-corrected chi connectivity index (χ3v) is 5.89. The van der Waals surface area contributed by atoms with E-state index in [2.05, 4.69) is 5.32 Å². The van der Waals surface area contributed by atoms with Crippen molar-refractivity contribution in [3.8, 4) is 5.69 Å². The van der Waals surface area contributed by atoms with Crippen molar-refractivity contribution in [2.24, 2.45) is 0 Å². The Bertz CT molecular complexity index is 1370. The van der Waals surface area contributed by atoms with E-state index in [4.69, 9.17) is 12.2 Å². The smallest absolute Gasteiger partial charge is 0.337 e. The number of aromatic nitrogens is 1. The van der Waals surface area contributed by atoms with Crippen LogP contribution in [0, 0.1) is 20.8 Å². The average Bonchev–Trinajstić information content (AvgIpc) is 3.05. The van der Waals surface area contributed by atoms with E-state index in [1.54, 1.807) is 34.9 Å². The van der Waals surface area contributed by atoms with Gasteiger partial charge in [-0.05, 0) is 74.5 Å². The summed E-state index contributed by atoms with van der Waals surface area (Å²) in [6.07, 6.45) is 1.52. The Labute approximate surface area is 196 Å². The van der Waals surface area contributed by atoms with Gasteiger partial charge in [0.05, 0.1) is 16.9 Å². The largest absolute Gasteiger partial charge is 0.478 e. The number of carbonyl (C=O) groups is 3. The molecule has 0 radical (unpaired) electrons. The van der Waals surface area contributed by atoms with Gasteiger partial charge in [0.2, 0.25) is 0 Å². The number of anilines is 1. The summed E-state index contributed by atoms with van der Waals surface area (Å²) < 4.78 is 1.80. The summed E-state index contributed by atoms with van der Waals surface area (Å²) >= 11 is 5.28.